The highest BCUT2D eigenvalue weighted by molar-refractivity contribution is 7.89. The van der Waals surface area contributed by atoms with E-state index in [-0.39, 0.29) is 17.3 Å². The van der Waals surface area contributed by atoms with Crippen LogP contribution in [0.25, 0.3) is 0 Å². The van der Waals surface area contributed by atoms with Crippen molar-refractivity contribution in [3.05, 3.63) is 28.8 Å². The Morgan fingerprint density at radius 3 is 2.53 bits per heavy atom. The van der Waals surface area contributed by atoms with Crippen molar-refractivity contribution in [1.82, 2.24) is 10.0 Å². The maximum atomic E-state index is 12.0. The minimum atomic E-state index is -3.48. The molecule has 0 unspecified atom stereocenters. The molecule has 110 valence electrons. The van der Waals surface area contributed by atoms with E-state index in [0.717, 1.165) is 13.0 Å². The van der Waals surface area contributed by atoms with E-state index in [4.69, 9.17) is 11.6 Å². The summed E-state index contributed by atoms with van der Waals surface area (Å²) in [5.74, 6) is 0. The van der Waals surface area contributed by atoms with Gasteiger partial charge < -0.3 is 5.32 Å². The van der Waals surface area contributed by atoms with Gasteiger partial charge in [0.05, 0.1) is 4.90 Å². The van der Waals surface area contributed by atoms with Gasteiger partial charge in [0.1, 0.15) is 0 Å². The number of benzene rings is 1. The SMILES string of the molecule is CCCNCCNS(=O)(=O)c1cc(Cl)ccc1C.Cl. The summed E-state index contributed by atoms with van der Waals surface area (Å²) in [4.78, 5) is 0.241. The third kappa shape index (κ3) is 6.10. The summed E-state index contributed by atoms with van der Waals surface area (Å²) in [6.45, 7) is 5.69. The zero-order valence-corrected chi connectivity index (χ0v) is 13.5. The lowest BCUT2D eigenvalue weighted by Gasteiger charge is -2.10. The maximum Gasteiger partial charge on any atom is 0.240 e. The first-order chi connectivity index (χ1) is 8.47. The van der Waals surface area contributed by atoms with E-state index < -0.39 is 10.0 Å². The number of halogens is 2. The van der Waals surface area contributed by atoms with Crippen molar-refractivity contribution in [2.24, 2.45) is 0 Å². The van der Waals surface area contributed by atoms with Gasteiger partial charge in [-0.3, -0.25) is 0 Å². The molecule has 0 saturated carbocycles. The Hall–Kier alpha value is -0.330. The van der Waals surface area contributed by atoms with E-state index in [1.807, 2.05) is 0 Å². The quantitative estimate of drug-likeness (QED) is 0.756. The lowest BCUT2D eigenvalue weighted by Crippen LogP contribution is -2.32. The highest BCUT2D eigenvalue weighted by Crippen LogP contribution is 2.19. The molecule has 0 aliphatic carbocycles. The fourth-order valence-electron chi connectivity index (χ4n) is 1.52. The van der Waals surface area contributed by atoms with Crippen molar-refractivity contribution < 1.29 is 8.42 Å². The lowest BCUT2D eigenvalue weighted by atomic mass is 10.2. The van der Waals surface area contributed by atoms with Crippen molar-refractivity contribution in [2.45, 2.75) is 25.2 Å². The molecule has 0 aromatic heterocycles. The second-order valence-electron chi connectivity index (χ2n) is 4.06. The molecular weight excluding hydrogens is 307 g/mol. The first kappa shape index (κ1) is 18.7. The first-order valence-electron chi connectivity index (χ1n) is 5.94. The van der Waals surface area contributed by atoms with Crippen LogP contribution in [0.5, 0.6) is 0 Å². The smallest absolute Gasteiger partial charge is 0.240 e. The largest absolute Gasteiger partial charge is 0.315 e. The standard InChI is InChI=1S/C12H19ClN2O2S.ClH/c1-3-6-14-7-8-15-18(16,17)12-9-11(13)5-4-10(12)2;/h4-5,9,14-15H,3,6-8H2,1-2H3;1H. The van der Waals surface area contributed by atoms with Crippen LogP contribution in [0.4, 0.5) is 0 Å². The summed E-state index contributed by atoms with van der Waals surface area (Å²) in [7, 11) is -3.48. The molecule has 1 aromatic carbocycles. The molecule has 0 atom stereocenters. The van der Waals surface area contributed by atoms with Gasteiger partial charge in [0, 0.05) is 18.1 Å². The van der Waals surface area contributed by atoms with Crippen molar-refractivity contribution in [1.29, 1.82) is 0 Å². The van der Waals surface area contributed by atoms with Gasteiger partial charge in [-0.25, -0.2) is 13.1 Å². The summed E-state index contributed by atoms with van der Waals surface area (Å²) < 4.78 is 26.6. The van der Waals surface area contributed by atoms with Gasteiger partial charge in [-0.1, -0.05) is 24.6 Å². The molecule has 0 aliphatic heterocycles. The van der Waals surface area contributed by atoms with E-state index in [9.17, 15) is 8.42 Å². The van der Waals surface area contributed by atoms with Crippen LogP contribution in [0.2, 0.25) is 5.02 Å². The molecule has 2 N–H and O–H groups in total. The van der Waals surface area contributed by atoms with E-state index in [1.165, 1.54) is 6.07 Å². The number of rotatable bonds is 7. The molecule has 0 bridgehead atoms. The third-order valence-electron chi connectivity index (χ3n) is 2.46. The third-order valence-corrected chi connectivity index (χ3v) is 4.30. The van der Waals surface area contributed by atoms with Crippen LogP contribution in [-0.4, -0.2) is 28.1 Å². The predicted molar refractivity (Wildman–Crippen MR) is 81.8 cm³/mol. The zero-order valence-electron chi connectivity index (χ0n) is 11.1. The van der Waals surface area contributed by atoms with Crippen LogP contribution < -0.4 is 10.0 Å². The number of hydrogen-bond acceptors (Lipinski definition) is 3. The van der Waals surface area contributed by atoms with E-state index in [1.54, 1.807) is 19.1 Å². The van der Waals surface area contributed by atoms with Crippen LogP contribution in [0.3, 0.4) is 0 Å². The average molecular weight is 327 g/mol. The highest BCUT2D eigenvalue weighted by Gasteiger charge is 2.16. The van der Waals surface area contributed by atoms with Crippen molar-refractivity contribution in [2.75, 3.05) is 19.6 Å². The highest BCUT2D eigenvalue weighted by atomic mass is 35.5. The summed E-state index contributed by atoms with van der Waals surface area (Å²) in [6, 6.07) is 4.85. The number of hydrogen-bond donors (Lipinski definition) is 2. The van der Waals surface area contributed by atoms with Crippen LogP contribution in [0, 0.1) is 6.92 Å². The van der Waals surface area contributed by atoms with Gasteiger partial charge in [0.25, 0.3) is 0 Å². The molecule has 4 nitrogen and oxygen atoms in total. The Kier molecular flexibility index (Phi) is 8.61. The molecule has 0 amide bonds. The second-order valence-corrected chi connectivity index (χ2v) is 6.23. The molecular formula is C12H20Cl2N2O2S. The topological polar surface area (TPSA) is 58.2 Å². The maximum absolute atomic E-state index is 12.0. The van der Waals surface area contributed by atoms with Gasteiger partial charge in [-0.2, -0.15) is 0 Å². The molecule has 19 heavy (non-hydrogen) atoms. The second kappa shape index (κ2) is 8.76. The number of nitrogens with one attached hydrogen (secondary N) is 2. The summed E-state index contributed by atoms with van der Waals surface area (Å²) in [5.41, 5.74) is 0.688. The average Bonchev–Trinajstić information content (AvgIpc) is 2.32. The summed E-state index contributed by atoms with van der Waals surface area (Å²) in [6.07, 6.45) is 1.03. The van der Waals surface area contributed by atoms with Crippen LogP contribution in [0.1, 0.15) is 18.9 Å². The molecule has 1 rings (SSSR count). The molecule has 0 saturated heterocycles. The van der Waals surface area contributed by atoms with Gasteiger partial charge in [-0.05, 0) is 37.6 Å². The van der Waals surface area contributed by atoms with E-state index in [0.29, 0.717) is 23.7 Å². The van der Waals surface area contributed by atoms with E-state index in [2.05, 4.69) is 17.0 Å². The minimum Gasteiger partial charge on any atom is -0.315 e. The fourth-order valence-corrected chi connectivity index (χ4v) is 3.05. The van der Waals surface area contributed by atoms with Gasteiger partial charge in [0.2, 0.25) is 10.0 Å². The first-order valence-corrected chi connectivity index (χ1v) is 7.80. The molecule has 0 spiro atoms. The minimum absolute atomic E-state index is 0. The number of aryl methyl sites for hydroxylation is 1. The lowest BCUT2D eigenvalue weighted by molar-refractivity contribution is 0.575. The van der Waals surface area contributed by atoms with Crippen LogP contribution in [0.15, 0.2) is 23.1 Å². The molecule has 0 heterocycles. The molecule has 0 fully saturated rings. The number of sulfonamides is 1. The Morgan fingerprint density at radius 1 is 1.21 bits per heavy atom. The zero-order chi connectivity index (χ0) is 13.6. The monoisotopic (exact) mass is 326 g/mol. The molecule has 7 heteroatoms. The molecule has 1 aromatic rings. The van der Waals surface area contributed by atoms with Gasteiger partial charge in [0.15, 0.2) is 0 Å². The Morgan fingerprint density at radius 2 is 1.89 bits per heavy atom. The van der Waals surface area contributed by atoms with Gasteiger partial charge >= 0.3 is 0 Å². The Balaban J connectivity index is 0.00000324. The van der Waals surface area contributed by atoms with Crippen molar-refractivity contribution >= 4 is 34.0 Å². The fraction of sp³-hybridized carbons (Fsp3) is 0.500. The van der Waals surface area contributed by atoms with Crippen molar-refractivity contribution in [3.63, 3.8) is 0 Å². The van der Waals surface area contributed by atoms with E-state index >= 15 is 0 Å². The Bertz CT molecular complexity index is 493. The normalized spacial score (nSPS) is 11.1. The molecule has 0 radical (unpaired) electrons. The molecule has 0 aliphatic rings. The van der Waals surface area contributed by atoms with Crippen LogP contribution in [-0.2, 0) is 10.0 Å². The predicted octanol–water partition coefficient (Wildman–Crippen LogP) is 2.35. The summed E-state index contributed by atoms with van der Waals surface area (Å²) in [5, 5.41) is 3.55. The van der Waals surface area contributed by atoms with Gasteiger partial charge in [-0.15, -0.1) is 12.4 Å². The van der Waals surface area contributed by atoms with Crippen LogP contribution >= 0.6 is 24.0 Å². The summed E-state index contributed by atoms with van der Waals surface area (Å²) >= 11 is 5.82. The van der Waals surface area contributed by atoms with Crippen molar-refractivity contribution in [3.8, 4) is 0 Å². The Labute approximate surface area is 126 Å².